The van der Waals surface area contributed by atoms with E-state index in [0.717, 1.165) is 4.90 Å². The Balaban J connectivity index is 1.79. The van der Waals surface area contributed by atoms with Crippen molar-refractivity contribution in [3.05, 3.63) is 29.8 Å². The van der Waals surface area contributed by atoms with Crippen molar-refractivity contribution in [3.8, 4) is 0 Å². The van der Waals surface area contributed by atoms with Gasteiger partial charge in [-0.25, -0.2) is 9.59 Å². The summed E-state index contributed by atoms with van der Waals surface area (Å²) < 4.78 is 9.32. The average molecular weight is 363 g/mol. The Morgan fingerprint density at radius 3 is 2.35 bits per heavy atom. The minimum absolute atomic E-state index is 0.103. The van der Waals surface area contributed by atoms with Gasteiger partial charge < -0.3 is 19.7 Å². The number of carbonyl (C=O) groups is 5. The number of hydrogen-bond donors (Lipinski definition) is 1. The fraction of sp³-hybridized carbons (Fsp3) is 0.312. The lowest BCUT2D eigenvalue weighted by atomic mass is 10.2. The SMILES string of the molecule is COC(=O)c1ccc(NC(=O)COC(=O)CN2C(=O)CN(C)C2=O)cc1. The molecule has 0 radical (unpaired) electrons. The fourth-order valence-corrected chi connectivity index (χ4v) is 2.15. The second kappa shape index (κ2) is 8.10. The summed E-state index contributed by atoms with van der Waals surface area (Å²) in [6.07, 6.45) is 0. The predicted molar refractivity (Wildman–Crippen MR) is 87.1 cm³/mol. The first-order valence-electron chi connectivity index (χ1n) is 7.51. The van der Waals surface area contributed by atoms with E-state index in [9.17, 15) is 24.0 Å². The molecule has 1 saturated heterocycles. The molecule has 2 rings (SSSR count). The molecule has 0 atom stereocenters. The molecule has 1 N–H and O–H groups in total. The van der Waals surface area contributed by atoms with Crippen LogP contribution in [0.2, 0.25) is 0 Å². The summed E-state index contributed by atoms with van der Waals surface area (Å²) in [4.78, 5) is 59.9. The predicted octanol–water partition coefficient (Wildman–Crippen LogP) is -0.151. The Bertz CT molecular complexity index is 745. The number of hydrogen-bond acceptors (Lipinski definition) is 7. The van der Waals surface area contributed by atoms with E-state index in [1.54, 1.807) is 0 Å². The van der Waals surface area contributed by atoms with Gasteiger partial charge >= 0.3 is 18.0 Å². The third-order valence-corrected chi connectivity index (χ3v) is 3.47. The van der Waals surface area contributed by atoms with Gasteiger partial charge in [0.15, 0.2) is 6.61 Å². The Morgan fingerprint density at radius 1 is 1.15 bits per heavy atom. The average Bonchev–Trinajstić information content (AvgIpc) is 2.86. The Kier molecular flexibility index (Phi) is 5.89. The zero-order chi connectivity index (χ0) is 19.3. The van der Waals surface area contributed by atoms with Gasteiger partial charge in [0.2, 0.25) is 0 Å². The van der Waals surface area contributed by atoms with Crippen LogP contribution in [0.25, 0.3) is 0 Å². The van der Waals surface area contributed by atoms with Gasteiger partial charge in [-0.1, -0.05) is 0 Å². The maximum atomic E-state index is 11.8. The van der Waals surface area contributed by atoms with Crippen molar-refractivity contribution >= 4 is 35.5 Å². The van der Waals surface area contributed by atoms with Crippen LogP contribution in [0.15, 0.2) is 24.3 Å². The number of nitrogens with zero attached hydrogens (tertiary/aromatic N) is 2. The number of methoxy groups -OCH3 is 1. The van der Waals surface area contributed by atoms with Crippen LogP contribution in [-0.2, 0) is 23.9 Å². The summed E-state index contributed by atoms with van der Waals surface area (Å²) in [6.45, 7) is -1.24. The number of ether oxygens (including phenoxy) is 2. The molecule has 0 saturated carbocycles. The molecule has 1 aromatic rings. The number of esters is 2. The lowest BCUT2D eigenvalue weighted by Crippen LogP contribution is -2.37. The minimum Gasteiger partial charge on any atom is -0.465 e. The highest BCUT2D eigenvalue weighted by Crippen LogP contribution is 2.11. The molecule has 0 spiro atoms. The zero-order valence-electron chi connectivity index (χ0n) is 14.2. The maximum Gasteiger partial charge on any atom is 0.337 e. The van der Waals surface area contributed by atoms with Crippen LogP contribution in [0.5, 0.6) is 0 Å². The molecule has 10 nitrogen and oxygen atoms in total. The highest BCUT2D eigenvalue weighted by molar-refractivity contribution is 6.04. The first-order valence-corrected chi connectivity index (χ1v) is 7.51. The summed E-state index contributed by atoms with van der Waals surface area (Å²) in [6, 6.07) is 5.32. The number of likely N-dealkylation sites (N-methyl/N-ethyl adjacent to an activating group) is 1. The number of imide groups is 1. The Hall–Kier alpha value is -3.43. The molecule has 1 aromatic carbocycles. The van der Waals surface area contributed by atoms with E-state index in [-0.39, 0.29) is 6.54 Å². The smallest absolute Gasteiger partial charge is 0.337 e. The summed E-state index contributed by atoms with van der Waals surface area (Å²) in [7, 11) is 2.69. The monoisotopic (exact) mass is 363 g/mol. The maximum absolute atomic E-state index is 11.8. The standard InChI is InChI=1S/C16H17N3O7/c1-18-7-13(21)19(16(18)24)8-14(22)26-9-12(20)17-11-5-3-10(4-6-11)15(23)25-2/h3-6H,7-9H2,1-2H3,(H,17,20). The topological polar surface area (TPSA) is 122 Å². The van der Waals surface area contributed by atoms with Crippen LogP contribution < -0.4 is 5.32 Å². The fourth-order valence-electron chi connectivity index (χ4n) is 2.15. The number of anilines is 1. The second-order valence-electron chi connectivity index (χ2n) is 5.40. The first kappa shape index (κ1) is 18.9. The Labute approximate surface area is 148 Å². The number of urea groups is 1. The molecule has 1 fully saturated rings. The molecule has 1 heterocycles. The van der Waals surface area contributed by atoms with Crippen LogP contribution in [0, 0.1) is 0 Å². The summed E-state index contributed by atoms with van der Waals surface area (Å²) in [5, 5.41) is 2.48. The van der Waals surface area contributed by atoms with Crippen molar-refractivity contribution < 1.29 is 33.4 Å². The third-order valence-electron chi connectivity index (χ3n) is 3.47. The molecule has 1 aliphatic heterocycles. The van der Waals surface area contributed by atoms with Gasteiger partial charge in [-0.3, -0.25) is 19.3 Å². The van der Waals surface area contributed by atoms with Crippen LogP contribution in [0.3, 0.4) is 0 Å². The molecular weight excluding hydrogens is 346 g/mol. The van der Waals surface area contributed by atoms with Crippen molar-refractivity contribution in [2.75, 3.05) is 39.2 Å². The minimum atomic E-state index is -0.877. The lowest BCUT2D eigenvalue weighted by Gasteiger charge is -2.13. The van der Waals surface area contributed by atoms with Gasteiger partial charge in [0.25, 0.3) is 11.8 Å². The molecule has 10 heteroatoms. The number of rotatable bonds is 6. The van der Waals surface area contributed by atoms with E-state index in [1.165, 1.54) is 43.3 Å². The molecule has 4 amide bonds. The highest BCUT2D eigenvalue weighted by Gasteiger charge is 2.35. The number of nitrogens with one attached hydrogen (secondary N) is 1. The van der Waals surface area contributed by atoms with Gasteiger partial charge in [-0.2, -0.15) is 0 Å². The second-order valence-corrected chi connectivity index (χ2v) is 5.40. The molecular formula is C16H17N3O7. The number of carbonyl (C=O) groups excluding carboxylic acids is 5. The quantitative estimate of drug-likeness (QED) is 0.551. The van der Waals surface area contributed by atoms with Gasteiger partial charge in [-0.15, -0.1) is 0 Å². The van der Waals surface area contributed by atoms with Crippen LogP contribution >= 0.6 is 0 Å². The lowest BCUT2D eigenvalue weighted by molar-refractivity contribution is -0.149. The van der Waals surface area contributed by atoms with E-state index in [2.05, 4.69) is 10.1 Å². The van der Waals surface area contributed by atoms with Crippen molar-refractivity contribution in [3.63, 3.8) is 0 Å². The molecule has 0 bridgehead atoms. The van der Waals surface area contributed by atoms with Gasteiger partial charge in [-0.05, 0) is 24.3 Å². The van der Waals surface area contributed by atoms with Crippen molar-refractivity contribution in [2.45, 2.75) is 0 Å². The van der Waals surface area contributed by atoms with Crippen molar-refractivity contribution in [1.29, 1.82) is 0 Å². The van der Waals surface area contributed by atoms with Gasteiger partial charge in [0, 0.05) is 12.7 Å². The number of amides is 4. The zero-order valence-corrected chi connectivity index (χ0v) is 14.2. The summed E-state index contributed by atoms with van der Waals surface area (Å²) in [5.41, 5.74) is 0.715. The summed E-state index contributed by atoms with van der Waals surface area (Å²) in [5.74, 6) is -2.50. The van der Waals surface area contributed by atoms with E-state index in [0.29, 0.717) is 11.3 Å². The largest absolute Gasteiger partial charge is 0.465 e. The molecule has 0 unspecified atom stereocenters. The van der Waals surface area contributed by atoms with Crippen molar-refractivity contribution in [2.24, 2.45) is 0 Å². The normalized spacial score (nSPS) is 13.6. The molecule has 1 aliphatic rings. The van der Waals surface area contributed by atoms with Gasteiger partial charge in [0.1, 0.15) is 13.1 Å². The highest BCUT2D eigenvalue weighted by atomic mass is 16.5. The first-order chi connectivity index (χ1) is 12.3. The molecule has 26 heavy (non-hydrogen) atoms. The van der Waals surface area contributed by atoms with Gasteiger partial charge in [0.05, 0.1) is 12.7 Å². The van der Waals surface area contributed by atoms with E-state index < -0.39 is 42.9 Å². The van der Waals surface area contributed by atoms with E-state index >= 15 is 0 Å². The summed E-state index contributed by atoms with van der Waals surface area (Å²) >= 11 is 0. The number of benzene rings is 1. The van der Waals surface area contributed by atoms with E-state index in [1.807, 2.05) is 0 Å². The third kappa shape index (κ3) is 4.56. The van der Waals surface area contributed by atoms with Crippen LogP contribution in [0.4, 0.5) is 10.5 Å². The van der Waals surface area contributed by atoms with Crippen molar-refractivity contribution in [1.82, 2.24) is 9.80 Å². The molecule has 0 aliphatic carbocycles. The molecule has 0 aromatic heterocycles. The van der Waals surface area contributed by atoms with Crippen LogP contribution in [-0.4, -0.2) is 73.4 Å². The Morgan fingerprint density at radius 2 is 1.81 bits per heavy atom. The molecule has 138 valence electrons. The van der Waals surface area contributed by atoms with Crippen LogP contribution in [0.1, 0.15) is 10.4 Å². The van der Waals surface area contributed by atoms with E-state index in [4.69, 9.17) is 4.74 Å².